The van der Waals surface area contributed by atoms with E-state index in [-0.39, 0.29) is 17.5 Å². The van der Waals surface area contributed by atoms with Gasteiger partial charge >= 0.3 is 0 Å². The zero-order valence-electron chi connectivity index (χ0n) is 19.5. The quantitative estimate of drug-likeness (QED) is 0.558. The normalized spacial score (nSPS) is 13.5. The first-order chi connectivity index (χ1) is 15.8. The number of ether oxygens (including phenoxy) is 1. The Morgan fingerprint density at radius 2 is 1.52 bits per heavy atom. The lowest BCUT2D eigenvalue weighted by Crippen LogP contribution is -2.33. The molecule has 0 fully saturated rings. The van der Waals surface area contributed by atoms with Crippen LogP contribution in [-0.4, -0.2) is 33.0 Å². The van der Waals surface area contributed by atoms with Crippen molar-refractivity contribution in [3.05, 3.63) is 89.1 Å². The highest BCUT2D eigenvalue weighted by Crippen LogP contribution is 2.36. The summed E-state index contributed by atoms with van der Waals surface area (Å²) in [6.45, 7) is 3.89. The Morgan fingerprint density at radius 3 is 2.12 bits per heavy atom. The molecule has 0 aromatic heterocycles. The van der Waals surface area contributed by atoms with Crippen molar-refractivity contribution in [1.29, 1.82) is 0 Å². The van der Waals surface area contributed by atoms with Crippen molar-refractivity contribution in [3.8, 4) is 5.75 Å². The second kappa shape index (κ2) is 8.82. The average Bonchev–Trinajstić information content (AvgIpc) is 3.05. The molecule has 33 heavy (non-hydrogen) atoms. The van der Waals surface area contributed by atoms with Gasteiger partial charge in [-0.2, -0.15) is 0 Å². The van der Waals surface area contributed by atoms with Gasteiger partial charge in [-0.3, -0.25) is 9.59 Å². The van der Waals surface area contributed by atoms with E-state index < -0.39 is 0 Å². The molecule has 1 N–H and O–H groups in total. The van der Waals surface area contributed by atoms with Gasteiger partial charge in [-0.25, -0.2) is 4.90 Å². The molecule has 1 aliphatic heterocycles. The van der Waals surface area contributed by atoms with E-state index in [0.29, 0.717) is 22.6 Å². The number of anilines is 3. The van der Waals surface area contributed by atoms with Gasteiger partial charge in [-0.15, -0.1) is 0 Å². The van der Waals surface area contributed by atoms with Crippen LogP contribution in [0.2, 0.25) is 0 Å². The van der Waals surface area contributed by atoms with Gasteiger partial charge in [0, 0.05) is 25.5 Å². The van der Waals surface area contributed by atoms with Crippen molar-refractivity contribution in [3.63, 3.8) is 0 Å². The van der Waals surface area contributed by atoms with E-state index in [4.69, 9.17) is 4.74 Å². The van der Waals surface area contributed by atoms with Gasteiger partial charge in [0.2, 0.25) is 0 Å². The lowest BCUT2D eigenvalue weighted by Gasteiger charge is -2.19. The molecular formula is C27H27N3O3. The van der Waals surface area contributed by atoms with E-state index >= 15 is 0 Å². The fourth-order valence-electron chi connectivity index (χ4n) is 3.86. The van der Waals surface area contributed by atoms with Crippen LogP contribution in [-0.2, 0) is 9.59 Å². The van der Waals surface area contributed by atoms with Crippen molar-refractivity contribution in [2.75, 3.05) is 36.3 Å². The van der Waals surface area contributed by atoms with Gasteiger partial charge in [0.05, 0.1) is 18.4 Å². The monoisotopic (exact) mass is 441 g/mol. The lowest BCUT2D eigenvalue weighted by atomic mass is 10.0. The van der Waals surface area contributed by atoms with E-state index in [1.807, 2.05) is 69.2 Å². The fraction of sp³-hybridized carbons (Fsp3) is 0.185. The molecule has 0 saturated carbocycles. The van der Waals surface area contributed by atoms with Crippen molar-refractivity contribution >= 4 is 34.4 Å². The summed E-state index contributed by atoms with van der Waals surface area (Å²) in [5.74, 6) is -0.0567. The average molecular weight is 442 g/mol. The van der Waals surface area contributed by atoms with Crippen LogP contribution >= 0.6 is 0 Å². The highest BCUT2D eigenvalue weighted by molar-refractivity contribution is 6.46. The molecule has 0 aliphatic carbocycles. The Balaban J connectivity index is 1.80. The second-order valence-electron chi connectivity index (χ2n) is 8.21. The number of aryl methyl sites for hydroxylation is 1. The topological polar surface area (TPSA) is 61.9 Å². The van der Waals surface area contributed by atoms with E-state index in [1.54, 1.807) is 37.4 Å². The van der Waals surface area contributed by atoms with Crippen molar-refractivity contribution < 1.29 is 14.3 Å². The number of carbonyl (C=O) groups excluding carboxylic acids is 2. The molecule has 4 rings (SSSR count). The molecule has 168 valence electrons. The molecule has 0 bridgehead atoms. The molecule has 1 aliphatic rings. The number of nitrogens with zero attached hydrogens (tertiary/aromatic N) is 2. The summed E-state index contributed by atoms with van der Waals surface area (Å²) >= 11 is 0. The first kappa shape index (κ1) is 22.1. The van der Waals surface area contributed by atoms with Crippen molar-refractivity contribution in [2.45, 2.75) is 13.8 Å². The number of benzene rings is 3. The SMILES string of the molecule is COc1ccc(C2=C(Nc3ccc(N(C)C)cc3)C(=O)N(c3cccc(C)c3C)C2=O)cc1. The summed E-state index contributed by atoms with van der Waals surface area (Å²) in [6, 6.07) is 20.5. The van der Waals surface area contributed by atoms with E-state index in [2.05, 4.69) is 5.32 Å². The van der Waals surface area contributed by atoms with E-state index in [9.17, 15) is 9.59 Å². The Bertz CT molecular complexity index is 1240. The summed E-state index contributed by atoms with van der Waals surface area (Å²) in [5, 5.41) is 3.22. The molecular weight excluding hydrogens is 414 g/mol. The molecule has 3 aromatic carbocycles. The predicted octanol–water partition coefficient (Wildman–Crippen LogP) is 4.77. The molecule has 6 heteroatoms. The van der Waals surface area contributed by atoms with Crippen LogP contribution in [0.5, 0.6) is 5.75 Å². The Hall–Kier alpha value is -4.06. The third kappa shape index (κ3) is 4.07. The lowest BCUT2D eigenvalue weighted by molar-refractivity contribution is -0.120. The maximum Gasteiger partial charge on any atom is 0.282 e. The predicted molar refractivity (Wildman–Crippen MR) is 133 cm³/mol. The smallest absolute Gasteiger partial charge is 0.282 e. The number of hydrogen-bond donors (Lipinski definition) is 1. The van der Waals surface area contributed by atoms with Crippen LogP contribution in [0.3, 0.4) is 0 Å². The summed E-state index contributed by atoms with van der Waals surface area (Å²) < 4.78 is 5.25. The molecule has 0 saturated heterocycles. The highest BCUT2D eigenvalue weighted by atomic mass is 16.5. The maximum atomic E-state index is 13.6. The third-order valence-electron chi connectivity index (χ3n) is 5.93. The largest absolute Gasteiger partial charge is 0.497 e. The number of hydrogen-bond acceptors (Lipinski definition) is 5. The van der Waals surface area contributed by atoms with Crippen LogP contribution in [0.4, 0.5) is 17.1 Å². The second-order valence-corrected chi connectivity index (χ2v) is 8.21. The Morgan fingerprint density at radius 1 is 0.848 bits per heavy atom. The number of methoxy groups -OCH3 is 1. The molecule has 0 unspecified atom stereocenters. The minimum Gasteiger partial charge on any atom is -0.497 e. The molecule has 0 atom stereocenters. The minimum absolute atomic E-state index is 0.253. The van der Waals surface area contributed by atoms with Gasteiger partial charge in [0.1, 0.15) is 11.4 Å². The standard InChI is InChI=1S/C27H27N3O3/c1-17-7-6-8-23(18(17)2)30-26(31)24(19-9-15-22(33-5)16-10-19)25(27(30)32)28-20-11-13-21(14-12-20)29(3)4/h6-16,28H,1-5H3. The van der Waals surface area contributed by atoms with Crippen molar-refractivity contribution in [2.24, 2.45) is 0 Å². The summed E-state index contributed by atoms with van der Waals surface area (Å²) in [4.78, 5) is 30.5. The zero-order valence-corrected chi connectivity index (χ0v) is 19.5. The fourth-order valence-corrected chi connectivity index (χ4v) is 3.86. The zero-order chi connectivity index (χ0) is 23.7. The molecule has 0 radical (unpaired) electrons. The first-order valence-electron chi connectivity index (χ1n) is 10.7. The van der Waals surface area contributed by atoms with Gasteiger partial charge < -0.3 is 15.0 Å². The molecule has 2 amide bonds. The summed E-state index contributed by atoms with van der Waals surface area (Å²) in [5.41, 5.74) is 5.50. The van der Waals surface area contributed by atoms with Crippen molar-refractivity contribution in [1.82, 2.24) is 0 Å². The van der Waals surface area contributed by atoms with Crippen LogP contribution in [0.1, 0.15) is 16.7 Å². The van der Waals surface area contributed by atoms with Crippen LogP contribution < -0.4 is 19.9 Å². The van der Waals surface area contributed by atoms with Crippen LogP contribution in [0.25, 0.3) is 5.57 Å². The van der Waals surface area contributed by atoms with Gasteiger partial charge in [0.15, 0.2) is 0 Å². The van der Waals surface area contributed by atoms with E-state index in [1.165, 1.54) is 4.90 Å². The Kier molecular flexibility index (Phi) is 5.92. The first-order valence-corrected chi connectivity index (χ1v) is 10.7. The van der Waals surface area contributed by atoms with Gasteiger partial charge in [-0.1, -0.05) is 24.3 Å². The molecule has 3 aromatic rings. The number of amides is 2. The van der Waals surface area contributed by atoms with Gasteiger partial charge in [0.25, 0.3) is 11.8 Å². The summed E-state index contributed by atoms with van der Waals surface area (Å²) in [7, 11) is 5.52. The highest BCUT2D eigenvalue weighted by Gasteiger charge is 2.41. The van der Waals surface area contributed by atoms with E-state index in [0.717, 1.165) is 22.5 Å². The Labute approximate surface area is 194 Å². The number of imide groups is 1. The minimum atomic E-state index is -0.379. The van der Waals surface area contributed by atoms with Crippen LogP contribution in [0, 0.1) is 13.8 Å². The third-order valence-corrected chi connectivity index (χ3v) is 5.93. The van der Waals surface area contributed by atoms with Gasteiger partial charge in [-0.05, 0) is 73.0 Å². The van der Waals surface area contributed by atoms with Crippen LogP contribution in [0.15, 0.2) is 72.4 Å². The molecule has 6 nitrogen and oxygen atoms in total. The summed E-state index contributed by atoms with van der Waals surface area (Å²) in [6.07, 6.45) is 0. The number of nitrogens with one attached hydrogen (secondary N) is 1. The maximum absolute atomic E-state index is 13.6. The molecule has 1 heterocycles. The number of rotatable bonds is 6. The number of carbonyl (C=O) groups is 2. The molecule has 0 spiro atoms.